The Labute approximate surface area is 249 Å². The zero-order chi connectivity index (χ0) is 30.3. The lowest BCUT2D eigenvalue weighted by atomic mass is 9.42. The van der Waals surface area contributed by atoms with E-state index < -0.39 is 46.3 Å². The molecule has 8 atom stereocenters. The van der Waals surface area contributed by atoms with Crippen molar-refractivity contribution in [3.05, 3.63) is 46.6 Å². The lowest BCUT2D eigenvalue weighted by Gasteiger charge is -2.66. The van der Waals surface area contributed by atoms with Crippen LogP contribution in [0.5, 0.6) is 5.75 Å². The summed E-state index contributed by atoms with van der Waals surface area (Å²) in [5.41, 5.74) is -2.85. The number of esters is 2. The number of aromatic nitrogens is 1. The predicted octanol–water partition coefficient (Wildman–Crippen LogP) is 3.96. The average Bonchev–Trinajstić information content (AvgIpc) is 3.88. The molecule has 0 spiro atoms. The molecule has 43 heavy (non-hydrogen) atoms. The first-order valence-corrected chi connectivity index (χ1v) is 15.5. The number of carbonyl (C=O) groups excluding carboxylic acids is 2. The van der Waals surface area contributed by atoms with Gasteiger partial charge in [-0.15, -0.1) is 0 Å². The first-order chi connectivity index (χ1) is 20.5. The second-order valence-corrected chi connectivity index (χ2v) is 14.1. The summed E-state index contributed by atoms with van der Waals surface area (Å²) >= 11 is 0. The van der Waals surface area contributed by atoms with E-state index >= 15 is 0 Å². The monoisotopic (exact) mass is 593 g/mol. The Kier molecular flexibility index (Phi) is 6.56. The Morgan fingerprint density at radius 2 is 1.79 bits per heavy atom. The maximum absolute atomic E-state index is 13.4. The van der Waals surface area contributed by atoms with Gasteiger partial charge in [-0.1, -0.05) is 13.8 Å². The van der Waals surface area contributed by atoms with Crippen molar-refractivity contribution in [2.75, 3.05) is 6.61 Å². The Morgan fingerprint density at radius 1 is 1.07 bits per heavy atom. The van der Waals surface area contributed by atoms with E-state index in [0.717, 1.165) is 25.7 Å². The van der Waals surface area contributed by atoms with E-state index in [4.69, 9.17) is 18.6 Å². The van der Waals surface area contributed by atoms with E-state index in [1.807, 2.05) is 6.92 Å². The van der Waals surface area contributed by atoms with Crippen LogP contribution >= 0.6 is 0 Å². The van der Waals surface area contributed by atoms with Crippen LogP contribution in [0.1, 0.15) is 77.4 Å². The van der Waals surface area contributed by atoms with Gasteiger partial charge in [-0.05, 0) is 75.3 Å². The van der Waals surface area contributed by atoms with Crippen LogP contribution in [0.15, 0.2) is 39.8 Å². The summed E-state index contributed by atoms with van der Waals surface area (Å²) in [7, 11) is 0. The summed E-state index contributed by atoms with van der Waals surface area (Å²) in [6, 6.07) is 5.06. The minimum atomic E-state index is -1.29. The third kappa shape index (κ3) is 4.51. The van der Waals surface area contributed by atoms with Crippen molar-refractivity contribution in [3.63, 3.8) is 0 Å². The van der Waals surface area contributed by atoms with E-state index in [0.29, 0.717) is 18.4 Å². The molecule has 2 aromatic heterocycles. The lowest BCUT2D eigenvalue weighted by Crippen LogP contribution is -2.71. The van der Waals surface area contributed by atoms with Gasteiger partial charge in [-0.25, -0.2) is 4.79 Å². The third-order valence-corrected chi connectivity index (χ3v) is 11.2. The number of aliphatic hydroxyl groups excluding tert-OH is 2. The summed E-state index contributed by atoms with van der Waals surface area (Å²) < 4.78 is 24.2. The van der Waals surface area contributed by atoms with Crippen molar-refractivity contribution in [2.24, 2.45) is 34.5 Å². The molecule has 230 valence electrons. The van der Waals surface area contributed by atoms with Crippen molar-refractivity contribution in [1.29, 1.82) is 0 Å². The van der Waals surface area contributed by atoms with Gasteiger partial charge in [0.05, 0.1) is 24.0 Å². The summed E-state index contributed by atoms with van der Waals surface area (Å²) in [4.78, 5) is 43.1. The molecule has 7 rings (SSSR count). The van der Waals surface area contributed by atoms with E-state index in [2.05, 4.69) is 11.9 Å². The van der Waals surface area contributed by atoms with Gasteiger partial charge < -0.3 is 28.8 Å². The molecule has 0 aromatic carbocycles. The second-order valence-electron chi connectivity index (χ2n) is 14.1. The fourth-order valence-corrected chi connectivity index (χ4v) is 8.45. The molecular formula is C33H39NO9. The molecule has 5 aliphatic rings. The fraction of sp³-hybridized carbons (Fsp3) is 0.636. The number of rotatable bonds is 6. The van der Waals surface area contributed by atoms with Gasteiger partial charge in [0.15, 0.2) is 0 Å². The molecule has 0 saturated heterocycles. The van der Waals surface area contributed by atoms with Crippen molar-refractivity contribution < 1.29 is 38.4 Å². The Morgan fingerprint density at radius 3 is 2.47 bits per heavy atom. The topological polar surface area (TPSA) is 145 Å². The van der Waals surface area contributed by atoms with Crippen molar-refractivity contribution in [3.8, 4) is 17.1 Å². The number of carbonyl (C=O) groups is 2. The van der Waals surface area contributed by atoms with Crippen LogP contribution in [-0.2, 0) is 19.1 Å². The molecule has 2 N–H and O–H groups in total. The first kappa shape index (κ1) is 28.5. The second kappa shape index (κ2) is 9.89. The van der Waals surface area contributed by atoms with Crippen molar-refractivity contribution in [1.82, 2.24) is 4.98 Å². The lowest BCUT2D eigenvalue weighted by molar-refractivity contribution is -0.267. The highest BCUT2D eigenvalue weighted by Gasteiger charge is 2.70. The molecule has 4 saturated carbocycles. The molecule has 4 aliphatic carbocycles. The number of hydrogen-bond donors (Lipinski definition) is 2. The third-order valence-electron chi connectivity index (χ3n) is 11.2. The molecule has 0 amide bonds. The van der Waals surface area contributed by atoms with Gasteiger partial charge in [0.2, 0.25) is 0 Å². The smallest absolute Gasteiger partial charge is 0.345 e. The number of ether oxygens (including phenoxy) is 3. The van der Waals surface area contributed by atoms with Gasteiger partial charge in [-0.2, -0.15) is 0 Å². The van der Waals surface area contributed by atoms with Gasteiger partial charge in [0.25, 0.3) is 0 Å². The molecule has 5 unspecified atom stereocenters. The molecule has 2 aromatic rings. The molecular weight excluding hydrogens is 554 g/mol. The largest absolute Gasteiger partial charge is 0.484 e. The Balaban J connectivity index is 1.27. The van der Waals surface area contributed by atoms with Gasteiger partial charge in [-0.3, -0.25) is 14.6 Å². The van der Waals surface area contributed by atoms with E-state index in [9.17, 15) is 24.6 Å². The Hall–Kier alpha value is -3.24. The first-order valence-electron chi connectivity index (χ1n) is 15.5. The van der Waals surface area contributed by atoms with E-state index in [1.165, 1.54) is 0 Å². The van der Waals surface area contributed by atoms with Crippen LogP contribution < -0.4 is 10.4 Å². The highest BCUT2D eigenvalue weighted by atomic mass is 16.6. The maximum Gasteiger partial charge on any atom is 0.345 e. The van der Waals surface area contributed by atoms with Crippen LogP contribution in [-0.4, -0.2) is 51.6 Å². The summed E-state index contributed by atoms with van der Waals surface area (Å²) in [6.45, 7) is 5.84. The molecule has 3 heterocycles. The van der Waals surface area contributed by atoms with Crippen LogP contribution in [0.25, 0.3) is 11.3 Å². The summed E-state index contributed by atoms with van der Waals surface area (Å²) in [6.07, 6.45) is 4.89. The minimum absolute atomic E-state index is 0.0216. The highest BCUT2D eigenvalue weighted by Crippen LogP contribution is 2.67. The highest BCUT2D eigenvalue weighted by molar-refractivity contribution is 5.75. The molecule has 4 fully saturated rings. The predicted molar refractivity (Wildman–Crippen MR) is 152 cm³/mol. The summed E-state index contributed by atoms with van der Waals surface area (Å²) in [5, 5.41) is 23.8. The van der Waals surface area contributed by atoms with E-state index in [-0.39, 0.29) is 59.8 Å². The van der Waals surface area contributed by atoms with Crippen LogP contribution in [0, 0.1) is 34.5 Å². The van der Waals surface area contributed by atoms with Gasteiger partial charge in [0, 0.05) is 35.4 Å². The van der Waals surface area contributed by atoms with Crippen molar-refractivity contribution >= 4 is 11.9 Å². The molecule has 0 bridgehead atoms. The number of hydrogen-bond acceptors (Lipinski definition) is 10. The fourth-order valence-electron chi connectivity index (χ4n) is 8.45. The van der Waals surface area contributed by atoms with Crippen LogP contribution in [0.3, 0.4) is 0 Å². The van der Waals surface area contributed by atoms with Gasteiger partial charge >= 0.3 is 17.6 Å². The minimum Gasteiger partial charge on any atom is -0.484 e. The number of nitrogens with zero attached hydrogens (tertiary/aromatic N) is 1. The average molecular weight is 594 g/mol. The quantitative estimate of drug-likeness (QED) is 0.472. The Bertz CT molecular complexity index is 1500. The molecule has 0 radical (unpaired) electrons. The standard InChI is InChI=1S/C33H39NO9/c1-31-11-10-24(42-29(38)18-8-9-18)32(2,16-40-28(37)17-6-7-17)22(31)14-23(35)33(3)27(31)26(36)25-21(43-33)13-20(41-30(25)39)19-5-4-12-34-15-19/h4-5,12-13,15,17-18,22-24,26-27,35-36H,6-11,14,16H2,1-3H3/t22?,23?,24-,26+,27?,31?,32-,33?/m0/s1. The normalized spacial score (nSPS) is 38.1. The summed E-state index contributed by atoms with van der Waals surface area (Å²) in [5.74, 6) is -1.26. The number of pyridine rings is 1. The van der Waals surface area contributed by atoms with Gasteiger partial charge in [0.1, 0.15) is 35.4 Å². The number of aliphatic hydroxyl groups is 2. The maximum atomic E-state index is 13.4. The molecule has 10 nitrogen and oxygen atoms in total. The SMILES string of the molecule is CC12CC[C@H](OC(=O)C3CC3)[C@@](C)(COC(=O)C3CC3)C1CC(O)C1(C)Oc3cc(-c4cccnc4)oc(=O)c3[C@@H](O)C21. The molecule has 1 aliphatic heterocycles. The zero-order valence-electron chi connectivity index (χ0n) is 24.8. The van der Waals surface area contributed by atoms with Crippen LogP contribution in [0.2, 0.25) is 0 Å². The molecule has 10 heteroatoms. The van der Waals surface area contributed by atoms with Crippen molar-refractivity contribution in [2.45, 2.75) is 89.6 Å². The van der Waals surface area contributed by atoms with E-state index in [1.54, 1.807) is 37.5 Å². The van der Waals surface area contributed by atoms with Crippen LogP contribution in [0.4, 0.5) is 0 Å². The number of fused-ring (bicyclic) bond motifs is 4. The zero-order valence-corrected chi connectivity index (χ0v) is 24.8.